The normalized spacial score (nSPS) is 29.9. The predicted molar refractivity (Wildman–Crippen MR) is 103 cm³/mol. The summed E-state index contributed by atoms with van der Waals surface area (Å²) in [5.41, 5.74) is 1.38. The van der Waals surface area contributed by atoms with Crippen molar-refractivity contribution in [1.29, 1.82) is 0 Å². The lowest BCUT2D eigenvalue weighted by atomic mass is 9.90. The van der Waals surface area contributed by atoms with Crippen LogP contribution in [0.15, 0.2) is 30.3 Å². The lowest BCUT2D eigenvalue weighted by Crippen LogP contribution is -2.44. The van der Waals surface area contributed by atoms with E-state index in [1.165, 1.54) is 18.4 Å². The van der Waals surface area contributed by atoms with Crippen LogP contribution in [0.2, 0.25) is 0 Å². The number of hydrogen-bond donors (Lipinski definition) is 0. The van der Waals surface area contributed by atoms with Gasteiger partial charge < -0.3 is 9.64 Å². The molecular weight excluding hydrogens is 324 g/mol. The lowest BCUT2D eigenvalue weighted by molar-refractivity contribution is -0.137. The van der Waals surface area contributed by atoms with Crippen LogP contribution in [0.5, 0.6) is 0 Å². The number of benzene rings is 1. The molecule has 4 heteroatoms. The molecule has 0 unspecified atom stereocenters. The summed E-state index contributed by atoms with van der Waals surface area (Å²) in [6, 6.07) is 11.7. The number of fused-ring (bicyclic) bond motifs is 1. The maximum absolute atomic E-state index is 13.3. The van der Waals surface area contributed by atoms with Crippen molar-refractivity contribution in [3.8, 4) is 0 Å². The van der Waals surface area contributed by atoms with Crippen LogP contribution in [-0.2, 0) is 9.53 Å². The molecule has 0 saturated carbocycles. The fourth-order valence-electron chi connectivity index (χ4n) is 5.40. The van der Waals surface area contributed by atoms with Crippen molar-refractivity contribution in [1.82, 2.24) is 9.80 Å². The minimum Gasteiger partial charge on any atom is -0.385 e. The molecule has 4 nitrogen and oxygen atoms in total. The van der Waals surface area contributed by atoms with Crippen molar-refractivity contribution < 1.29 is 9.53 Å². The van der Waals surface area contributed by atoms with Crippen LogP contribution in [0.1, 0.15) is 50.1 Å². The highest BCUT2D eigenvalue weighted by molar-refractivity contribution is 5.80. The largest absolute Gasteiger partial charge is 0.385 e. The fraction of sp³-hybridized carbons (Fsp3) is 0.682. The van der Waals surface area contributed by atoms with E-state index in [-0.39, 0.29) is 5.92 Å². The summed E-state index contributed by atoms with van der Waals surface area (Å²) >= 11 is 0. The molecule has 0 N–H and O–H groups in total. The van der Waals surface area contributed by atoms with Gasteiger partial charge in [-0.25, -0.2) is 0 Å². The Morgan fingerprint density at radius 1 is 1.12 bits per heavy atom. The van der Waals surface area contributed by atoms with Gasteiger partial charge >= 0.3 is 0 Å². The number of carbonyl (C=O) groups is 1. The summed E-state index contributed by atoms with van der Waals surface area (Å²) in [6.07, 6.45) is 6.82. The summed E-state index contributed by atoms with van der Waals surface area (Å²) < 4.78 is 5.22. The number of ether oxygens (including phenoxy) is 1. The van der Waals surface area contributed by atoms with Gasteiger partial charge in [-0.2, -0.15) is 0 Å². The number of carbonyl (C=O) groups excluding carboxylic acids is 1. The smallest absolute Gasteiger partial charge is 0.227 e. The number of amides is 1. The maximum Gasteiger partial charge on any atom is 0.227 e. The van der Waals surface area contributed by atoms with Crippen molar-refractivity contribution in [2.75, 3.05) is 33.4 Å². The molecule has 1 aromatic carbocycles. The molecule has 3 heterocycles. The van der Waals surface area contributed by atoms with E-state index in [0.29, 0.717) is 18.0 Å². The maximum atomic E-state index is 13.3. The average molecular weight is 357 g/mol. The van der Waals surface area contributed by atoms with Crippen molar-refractivity contribution in [3.63, 3.8) is 0 Å². The first-order chi connectivity index (χ1) is 12.8. The second kappa shape index (κ2) is 8.10. The standard InChI is InChI=1S/C22H32N2O2/c1-26-15-11-17-9-13-23(14-10-17)22(25)19-16-21(18-6-3-2-4-7-18)24-12-5-8-20(19)24/h2-4,6-7,17,19-21H,5,8-16H2,1H3/t19-,20+,21-/m0/s1. The Morgan fingerprint density at radius 2 is 1.88 bits per heavy atom. The van der Waals surface area contributed by atoms with Gasteiger partial charge in [0.25, 0.3) is 0 Å². The van der Waals surface area contributed by atoms with E-state index in [2.05, 4.69) is 40.1 Å². The molecule has 3 aliphatic heterocycles. The fourth-order valence-corrected chi connectivity index (χ4v) is 5.40. The number of nitrogens with zero attached hydrogens (tertiary/aromatic N) is 2. The third kappa shape index (κ3) is 3.54. The van der Waals surface area contributed by atoms with Crippen LogP contribution in [0.4, 0.5) is 0 Å². The van der Waals surface area contributed by atoms with E-state index in [0.717, 1.165) is 57.8 Å². The van der Waals surface area contributed by atoms with E-state index in [1.54, 1.807) is 7.11 Å². The van der Waals surface area contributed by atoms with Crippen molar-refractivity contribution >= 4 is 5.91 Å². The molecule has 3 fully saturated rings. The molecule has 0 spiro atoms. The molecule has 3 saturated heterocycles. The third-order valence-corrected chi connectivity index (χ3v) is 6.84. The first-order valence-corrected chi connectivity index (χ1v) is 10.4. The van der Waals surface area contributed by atoms with E-state index >= 15 is 0 Å². The Bertz CT molecular complexity index is 597. The van der Waals surface area contributed by atoms with Gasteiger partial charge in [0.1, 0.15) is 0 Å². The monoisotopic (exact) mass is 356 g/mol. The Balaban J connectivity index is 1.40. The highest BCUT2D eigenvalue weighted by atomic mass is 16.5. The zero-order valence-electron chi connectivity index (χ0n) is 16.0. The van der Waals surface area contributed by atoms with Gasteiger partial charge in [0.2, 0.25) is 5.91 Å². The number of piperidine rings is 1. The van der Waals surface area contributed by atoms with Gasteiger partial charge in [-0.1, -0.05) is 30.3 Å². The Kier molecular flexibility index (Phi) is 5.60. The summed E-state index contributed by atoms with van der Waals surface area (Å²) in [5.74, 6) is 1.34. The molecule has 0 aliphatic carbocycles. The van der Waals surface area contributed by atoms with Gasteiger partial charge in [-0.3, -0.25) is 9.69 Å². The predicted octanol–water partition coefficient (Wildman–Crippen LogP) is 3.49. The molecule has 3 aliphatic rings. The second-order valence-electron chi connectivity index (χ2n) is 8.27. The molecule has 0 bridgehead atoms. The van der Waals surface area contributed by atoms with Gasteiger partial charge in [-0.15, -0.1) is 0 Å². The Hall–Kier alpha value is -1.39. The topological polar surface area (TPSA) is 32.8 Å². The number of rotatable bonds is 5. The molecule has 3 atom stereocenters. The first-order valence-electron chi connectivity index (χ1n) is 10.4. The van der Waals surface area contributed by atoms with Crippen LogP contribution in [0, 0.1) is 11.8 Å². The summed E-state index contributed by atoms with van der Waals surface area (Å²) in [5, 5.41) is 0. The highest BCUT2D eigenvalue weighted by Gasteiger charge is 2.48. The van der Waals surface area contributed by atoms with E-state index in [4.69, 9.17) is 4.74 Å². The molecule has 142 valence electrons. The van der Waals surface area contributed by atoms with Crippen molar-refractivity contribution in [2.24, 2.45) is 11.8 Å². The average Bonchev–Trinajstić information content (AvgIpc) is 3.29. The van der Waals surface area contributed by atoms with E-state index < -0.39 is 0 Å². The molecular formula is C22H32N2O2. The van der Waals surface area contributed by atoms with Crippen LogP contribution < -0.4 is 0 Å². The van der Waals surface area contributed by atoms with Gasteiger partial charge in [0.05, 0.1) is 5.92 Å². The zero-order chi connectivity index (χ0) is 17.9. The number of likely N-dealkylation sites (tertiary alicyclic amines) is 1. The minimum atomic E-state index is 0.193. The quantitative estimate of drug-likeness (QED) is 0.810. The molecule has 1 amide bonds. The third-order valence-electron chi connectivity index (χ3n) is 6.84. The second-order valence-corrected chi connectivity index (χ2v) is 8.27. The SMILES string of the molecule is COCCC1CCN(C(=O)[C@H]2C[C@@H](c3ccccc3)N3CCC[C@H]23)CC1. The van der Waals surface area contributed by atoms with Gasteiger partial charge in [0, 0.05) is 38.9 Å². The van der Waals surface area contributed by atoms with Crippen LogP contribution >= 0.6 is 0 Å². The first kappa shape index (κ1) is 18.0. The highest BCUT2D eigenvalue weighted by Crippen LogP contribution is 2.45. The van der Waals surface area contributed by atoms with Crippen LogP contribution in [0.3, 0.4) is 0 Å². The molecule has 26 heavy (non-hydrogen) atoms. The summed E-state index contributed by atoms with van der Waals surface area (Å²) in [4.78, 5) is 18.1. The van der Waals surface area contributed by atoms with E-state index in [9.17, 15) is 4.79 Å². The van der Waals surface area contributed by atoms with Gasteiger partial charge in [-0.05, 0) is 56.6 Å². The molecule has 0 aromatic heterocycles. The number of methoxy groups -OCH3 is 1. The molecule has 1 aromatic rings. The van der Waals surface area contributed by atoms with Crippen LogP contribution in [-0.4, -0.2) is 55.1 Å². The number of hydrogen-bond acceptors (Lipinski definition) is 3. The molecule has 4 rings (SSSR count). The minimum absolute atomic E-state index is 0.193. The van der Waals surface area contributed by atoms with Crippen molar-refractivity contribution in [2.45, 2.75) is 50.6 Å². The Morgan fingerprint density at radius 3 is 2.62 bits per heavy atom. The van der Waals surface area contributed by atoms with Gasteiger partial charge in [0.15, 0.2) is 0 Å². The van der Waals surface area contributed by atoms with Crippen LogP contribution in [0.25, 0.3) is 0 Å². The summed E-state index contributed by atoms with van der Waals surface area (Å²) in [7, 11) is 1.77. The van der Waals surface area contributed by atoms with Crippen molar-refractivity contribution in [3.05, 3.63) is 35.9 Å². The summed E-state index contributed by atoms with van der Waals surface area (Å²) in [6.45, 7) is 3.86. The lowest BCUT2D eigenvalue weighted by Gasteiger charge is -2.34. The molecule has 0 radical (unpaired) electrons. The Labute approximate surface area is 157 Å². The van der Waals surface area contributed by atoms with E-state index in [1.807, 2.05) is 0 Å². The zero-order valence-corrected chi connectivity index (χ0v) is 16.0.